The lowest BCUT2D eigenvalue weighted by molar-refractivity contribution is 0.449. The molecule has 0 spiro atoms. The van der Waals surface area contributed by atoms with Crippen molar-refractivity contribution in [3.8, 4) is 0 Å². The molecule has 1 saturated carbocycles. The molecule has 0 atom stereocenters. The Labute approximate surface area is 99.2 Å². The number of hydrogen-bond acceptors (Lipinski definition) is 3. The van der Waals surface area contributed by atoms with Crippen LogP contribution in [-0.4, -0.2) is 33.8 Å². The summed E-state index contributed by atoms with van der Waals surface area (Å²) in [5, 5.41) is 3.02. The second-order valence-corrected chi connectivity index (χ2v) is 6.67. The topological polar surface area (TPSA) is 58.2 Å². The van der Waals surface area contributed by atoms with E-state index in [0.29, 0.717) is 18.5 Å². The third kappa shape index (κ3) is 4.80. The van der Waals surface area contributed by atoms with Crippen molar-refractivity contribution in [3.63, 3.8) is 0 Å². The van der Waals surface area contributed by atoms with Gasteiger partial charge in [0.1, 0.15) is 0 Å². The van der Waals surface area contributed by atoms with Crippen molar-refractivity contribution in [1.82, 2.24) is 10.0 Å². The molecule has 0 radical (unpaired) electrons. The highest BCUT2D eigenvalue weighted by Gasteiger charge is 2.41. The van der Waals surface area contributed by atoms with E-state index in [4.69, 9.17) is 0 Å². The molecule has 1 aliphatic carbocycles. The van der Waals surface area contributed by atoms with Gasteiger partial charge >= 0.3 is 0 Å². The minimum Gasteiger partial charge on any atom is -0.316 e. The Kier molecular flexibility index (Phi) is 5.21. The van der Waals surface area contributed by atoms with Crippen molar-refractivity contribution in [1.29, 1.82) is 0 Å². The van der Waals surface area contributed by atoms with Gasteiger partial charge in [0, 0.05) is 13.1 Å². The van der Waals surface area contributed by atoms with Crippen LogP contribution < -0.4 is 10.0 Å². The Bertz CT molecular complexity index is 297. The molecule has 16 heavy (non-hydrogen) atoms. The molecule has 0 aromatic carbocycles. The highest BCUT2D eigenvalue weighted by atomic mass is 32.2. The number of rotatable bonds is 9. The quantitative estimate of drug-likeness (QED) is 0.601. The summed E-state index contributed by atoms with van der Waals surface area (Å²) >= 11 is 0. The lowest BCUT2D eigenvalue weighted by Gasteiger charge is -2.15. The van der Waals surface area contributed by atoms with Crippen LogP contribution in [0.2, 0.25) is 0 Å². The molecule has 1 aliphatic rings. The third-order valence-corrected chi connectivity index (χ3v) is 4.53. The van der Waals surface area contributed by atoms with Gasteiger partial charge in [0.25, 0.3) is 0 Å². The lowest BCUT2D eigenvalue weighted by atomic mass is 10.0. The van der Waals surface area contributed by atoms with Gasteiger partial charge in [-0.3, -0.25) is 0 Å². The van der Waals surface area contributed by atoms with E-state index in [1.54, 1.807) is 0 Å². The van der Waals surface area contributed by atoms with Gasteiger partial charge in [-0.1, -0.05) is 20.3 Å². The highest BCUT2D eigenvalue weighted by molar-refractivity contribution is 7.89. The fraction of sp³-hybridized carbons (Fsp3) is 1.00. The first kappa shape index (κ1) is 13.9. The van der Waals surface area contributed by atoms with Crippen LogP contribution in [0.15, 0.2) is 0 Å². The fourth-order valence-corrected chi connectivity index (χ4v) is 3.02. The molecule has 5 heteroatoms. The molecule has 0 saturated heterocycles. The van der Waals surface area contributed by atoms with Crippen LogP contribution in [0.1, 0.15) is 39.5 Å². The van der Waals surface area contributed by atoms with Crippen LogP contribution in [-0.2, 0) is 10.0 Å². The Balaban J connectivity index is 2.25. The summed E-state index contributed by atoms with van der Waals surface area (Å²) in [6.45, 7) is 6.11. The van der Waals surface area contributed by atoms with E-state index in [1.807, 2.05) is 6.92 Å². The molecule has 0 aliphatic heterocycles. The minimum absolute atomic E-state index is 0.184. The molecule has 0 bridgehead atoms. The molecular formula is C11H24N2O2S. The number of hydrogen-bond donors (Lipinski definition) is 2. The first-order valence-electron chi connectivity index (χ1n) is 6.22. The fourth-order valence-electron chi connectivity index (χ4n) is 1.94. The van der Waals surface area contributed by atoms with E-state index in [-0.39, 0.29) is 5.75 Å². The maximum atomic E-state index is 11.6. The van der Waals surface area contributed by atoms with Crippen molar-refractivity contribution in [2.75, 3.05) is 25.4 Å². The van der Waals surface area contributed by atoms with Crippen molar-refractivity contribution in [2.24, 2.45) is 5.41 Å². The lowest BCUT2D eigenvalue weighted by Crippen LogP contribution is -2.35. The zero-order chi connectivity index (χ0) is 12.1. The summed E-state index contributed by atoms with van der Waals surface area (Å²) < 4.78 is 26.0. The molecule has 0 unspecified atom stereocenters. The zero-order valence-electron chi connectivity index (χ0n) is 10.4. The minimum atomic E-state index is -3.08. The van der Waals surface area contributed by atoms with E-state index in [0.717, 1.165) is 19.4 Å². The zero-order valence-corrected chi connectivity index (χ0v) is 11.2. The predicted octanol–water partition coefficient (Wildman–Crippen LogP) is 1.10. The molecule has 0 amide bonds. The molecule has 4 nitrogen and oxygen atoms in total. The van der Waals surface area contributed by atoms with Crippen molar-refractivity contribution in [3.05, 3.63) is 0 Å². The largest absolute Gasteiger partial charge is 0.316 e. The van der Waals surface area contributed by atoms with Gasteiger partial charge in [0.05, 0.1) is 5.75 Å². The van der Waals surface area contributed by atoms with Gasteiger partial charge in [0.2, 0.25) is 10.0 Å². The Hall–Kier alpha value is -0.130. The molecule has 0 aromatic rings. The number of nitrogens with one attached hydrogen (secondary N) is 2. The summed E-state index contributed by atoms with van der Waals surface area (Å²) in [6.07, 6.45) is 4.63. The summed E-state index contributed by atoms with van der Waals surface area (Å²) in [7, 11) is -3.08. The smallest absolute Gasteiger partial charge is 0.212 e. The Morgan fingerprint density at radius 1 is 1.25 bits per heavy atom. The van der Waals surface area contributed by atoms with Gasteiger partial charge in [-0.2, -0.15) is 0 Å². The predicted molar refractivity (Wildman–Crippen MR) is 66.9 cm³/mol. The van der Waals surface area contributed by atoms with E-state index < -0.39 is 10.0 Å². The van der Waals surface area contributed by atoms with E-state index in [9.17, 15) is 8.42 Å². The SMILES string of the molecule is CCCC1(CNS(=O)(=O)CCNCC)CC1. The molecular weight excluding hydrogens is 224 g/mol. The molecule has 1 fully saturated rings. The first-order valence-corrected chi connectivity index (χ1v) is 7.87. The van der Waals surface area contributed by atoms with Gasteiger partial charge in [-0.15, -0.1) is 0 Å². The van der Waals surface area contributed by atoms with Crippen LogP contribution in [0, 0.1) is 5.41 Å². The van der Waals surface area contributed by atoms with E-state index in [2.05, 4.69) is 17.0 Å². The molecule has 1 rings (SSSR count). The molecule has 96 valence electrons. The second-order valence-electron chi connectivity index (χ2n) is 4.74. The molecule has 0 aromatic heterocycles. The van der Waals surface area contributed by atoms with E-state index >= 15 is 0 Å². The third-order valence-electron chi connectivity index (χ3n) is 3.20. The Morgan fingerprint density at radius 3 is 2.44 bits per heavy atom. The second kappa shape index (κ2) is 5.98. The van der Waals surface area contributed by atoms with Crippen LogP contribution in [0.4, 0.5) is 0 Å². The summed E-state index contributed by atoms with van der Waals surface area (Å²) in [4.78, 5) is 0. The van der Waals surface area contributed by atoms with Gasteiger partial charge < -0.3 is 5.32 Å². The van der Waals surface area contributed by atoms with Crippen molar-refractivity contribution in [2.45, 2.75) is 39.5 Å². The van der Waals surface area contributed by atoms with Crippen LogP contribution in [0.25, 0.3) is 0 Å². The van der Waals surface area contributed by atoms with Gasteiger partial charge in [-0.25, -0.2) is 13.1 Å². The van der Waals surface area contributed by atoms with Crippen molar-refractivity contribution < 1.29 is 8.42 Å². The maximum Gasteiger partial charge on any atom is 0.212 e. The maximum absolute atomic E-state index is 11.6. The highest BCUT2D eigenvalue weighted by Crippen LogP contribution is 2.48. The van der Waals surface area contributed by atoms with E-state index in [1.165, 1.54) is 12.8 Å². The normalized spacial score (nSPS) is 18.6. The summed E-state index contributed by atoms with van der Waals surface area (Å²) in [5.74, 6) is 0.184. The average molecular weight is 248 g/mol. The van der Waals surface area contributed by atoms with Crippen LogP contribution >= 0.6 is 0 Å². The average Bonchev–Trinajstić information content (AvgIpc) is 2.97. The Morgan fingerprint density at radius 2 is 1.94 bits per heavy atom. The summed E-state index contributed by atoms with van der Waals surface area (Å²) in [5.41, 5.74) is 0.292. The van der Waals surface area contributed by atoms with Gasteiger partial charge in [-0.05, 0) is 31.2 Å². The van der Waals surface area contributed by atoms with Crippen molar-refractivity contribution >= 4 is 10.0 Å². The monoisotopic (exact) mass is 248 g/mol. The summed E-state index contributed by atoms with van der Waals surface area (Å²) in [6, 6.07) is 0. The van der Waals surface area contributed by atoms with Crippen LogP contribution in [0.5, 0.6) is 0 Å². The van der Waals surface area contributed by atoms with Crippen LogP contribution in [0.3, 0.4) is 0 Å². The first-order chi connectivity index (χ1) is 7.54. The molecule has 0 heterocycles. The number of sulfonamides is 1. The molecule has 2 N–H and O–H groups in total. The van der Waals surface area contributed by atoms with Gasteiger partial charge in [0.15, 0.2) is 0 Å². The standard InChI is InChI=1S/C11H24N2O2S/c1-3-5-11(6-7-11)10-13-16(14,15)9-8-12-4-2/h12-13H,3-10H2,1-2H3.